The van der Waals surface area contributed by atoms with E-state index in [0.717, 1.165) is 0 Å². The molecule has 3 aromatic rings. The highest BCUT2D eigenvalue weighted by Crippen LogP contribution is 2.21. The lowest BCUT2D eigenvalue weighted by molar-refractivity contribution is -0.118. The van der Waals surface area contributed by atoms with Crippen LogP contribution in [0.5, 0.6) is 0 Å². The summed E-state index contributed by atoms with van der Waals surface area (Å²) in [5.74, 6) is -0.387. The molecule has 1 N–H and O–H groups in total. The fourth-order valence-electron chi connectivity index (χ4n) is 2.41. The number of nitrogens with zero attached hydrogens (tertiary/aromatic N) is 2. The Kier molecular flexibility index (Phi) is 5.14. The summed E-state index contributed by atoms with van der Waals surface area (Å²) in [5.41, 5.74) is 0.808. The predicted octanol–water partition coefficient (Wildman–Crippen LogP) is 2.75. The Morgan fingerprint density at radius 3 is 2.64 bits per heavy atom. The van der Waals surface area contributed by atoms with Gasteiger partial charge in [-0.1, -0.05) is 23.9 Å². The second kappa shape index (κ2) is 7.48. The average Bonchev–Trinajstić information content (AvgIpc) is 2.61. The molecular weight excluding hydrogens is 341 g/mol. The molecule has 0 aliphatic carbocycles. The number of aromatic nitrogens is 2. The van der Waals surface area contributed by atoms with E-state index < -0.39 is 0 Å². The molecule has 0 spiro atoms. The highest BCUT2D eigenvalue weighted by Gasteiger charge is 2.14. The van der Waals surface area contributed by atoms with Crippen LogP contribution in [0.25, 0.3) is 16.6 Å². The van der Waals surface area contributed by atoms with Crippen LogP contribution in [0.1, 0.15) is 6.92 Å². The third-order valence-electron chi connectivity index (χ3n) is 3.54. The highest BCUT2D eigenvalue weighted by molar-refractivity contribution is 7.99. The van der Waals surface area contributed by atoms with Crippen LogP contribution in [-0.2, 0) is 4.79 Å². The molecule has 5 nitrogen and oxygen atoms in total. The molecule has 0 radical (unpaired) electrons. The molecule has 128 valence electrons. The van der Waals surface area contributed by atoms with Crippen LogP contribution in [0.3, 0.4) is 0 Å². The van der Waals surface area contributed by atoms with Gasteiger partial charge in [0.05, 0.1) is 22.3 Å². The topological polar surface area (TPSA) is 64.0 Å². The quantitative estimate of drug-likeness (QED) is 0.563. The zero-order valence-corrected chi connectivity index (χ0v) is 14.3. The second-order valence-electron chi connectivity index (χ2n) is 5.27. The van der Waals surface area contributed by atoms with E-state index in [1.807, 2.05) is 6.92 Å². The lowest BCUT2D eigenvalue weighted by atomic mass is 10.2. The third-order valence-corrected chi connectivity index (χ3v) is 4.47. The summed E-state index contributed by atoms with van der Waals surface area (Å²) >= 11 is 1.17. The van der Waals surface area contributed by atoms with Crippen LogP contribution >= 0.6 is 11.8 Å². The summed E-state index contributed by atoms with van der Waals surface area (Å²) < 4.78 is 14.6. The van der Waals surface area contributed by atoms with E-state index in [9.17, 15) is 14.0 Å². The average molecular weight is 357 g/mol. The minimum atomic E-state index is -0.387. The van der Waals surface area contributed by atoms with E-state index in [4.69, 9.17) is 0 Å². The fraction of sp³-hybridized carbons (Fsp3) is 0.167. The Labute approximate surface area is 147 Å². The monoisotopic (exact) mass is 357 g/mol. The van der Waals surface area contributed by atoms with Gasteiger partial charge in [-0.05, 0) is 43.3 Å². The van der Waals surface area contributed by atoms with Crippen molar-refractivity contribution in [2.75, 3.05) is 12.3 Å². The number of thioether (sulfide) groups is 1. The smallest absolute Gasteiger partial charge is 0.266 e. The minimum absolute atomic E-state index is 0.138. The van der Waals surface area contributed by atoms with Crippen LogP contribution in [0.4, 0.5) is 4.39 Å². The van der Waals surface area contributed by atoms with Gasteiger partial charge in [-0.3, -0.25) is 14.2 Å². The molecule has 0 fully saturated rings. The maximum atomic E-state index is 13.2. The molecular formula is C18H16FN3O2S. The Morgan fingerprint density at radius 1 is 1.20 bits per heavy atom. The summed E-state index contributed by atoms with van der Waals surface area (Å²) in [6.07, 6.45) is 0. The maximum Gasteiger partial charge on any atom is 0.266 e. The van der Waals surface area contributed by atoms with E-state index in [0.29, 0.717) is 28.3 Å². The van der Waals surface area contributed by atoms with Crippen LogP contribution in [0.2, 0.25) is 0 Å². The van der Waals surface area contributed by atoms with Gasteiger partial charge in [0.25, 0.3) is 5.56 Å². The van der Waals surface area contributed by atoms with Crippen LogP contribution in [0.15, 0.2) is 58.5 Å². The Morgan fingerprint density at radius 2 is 1.92 bits per heavy atom. The summed E-state index contributed by atoms with van der Waals surface area (Å²) in [4.78, 5) is 29.2. The minimum Gasteiger partial charge on any atom is -0.356 e. The van der Waals surface area contributed by atoms with Crippen molar-refractivity contribution in [2.24, 2.45) is 0 Å². The molecule has 3 rings (SSSR count). The number of halogens is 1. The molecule has 1 heterocycles. The molecule has 0 unspecified atom stereocenters. The molecule has 0 aliphatic rings. The van der Waals surface area contributed by atoms with Gasteiger partial charge in [0.1, 0.15) is 5.82 Å². The van der Waals surface area contributed by atoms with Crippen LogP contribution < -0.4 is 10.9 Å². The molecule has 25 heavy (non-hydrogen) atoms. The molecule has 0 aliphatic heterocycles. The molecule has 7 heteroatoms. The summed E-state index contributed by atoms with van der Waals surface area (Å²) in [5, 5.41) is 3.57. The SMILES string of the molecule is CCNC(=O)CSc1nc2ccccc2c(=O)n1-c1ccc(F)cc1. The normalized spacial score (nSPS) is 10.8. The van der Waals surface area contributed by atoms with Gasteiger partial charge in [-0.25, -0.2) is 9.37 Å². The van der Waals surface area contributed by atoms with Crippen molar-refractivity contribution >= 4 is 28.6 Å². The first kappa shape index (κ1) is 17.2. The van der Waals surface area contributed by atoms with Crippen molar-refractivity contribution in [2.45, 2.75) is 12.1 Å². The maximum absolute atomic E-state index is 13.2. The first-order valence-corrected chi connectivity index (χ1v) is 8.76. The lowest BCUT2D eigenvalue weighted by Gasteiger charge is -2.13. The molecule has 0 saturated heterocycles. The van der Waals surface area contributed by atoms with Gasteiger partial charge < -0.3 is 5.32 Å². The van der Waals surface area contributed by atoms with Crippen molar-refractivity contribution in [1.29, 1.82) is 0 Å². The number of hydrogen-bond acceptors (Lipinski definition) is 4. The number of amides is 1. The number of para-hydroxylation sites is 1. The van der Waals surface area contributed by atoms with Gasteiger partial charge in [-0.15, -0.1) is 0 Å². The summed E-state index contributed by atoms with van der Waals surface area (Å²) in [6, 6.07) is 12.6. The Bertz CT molecular complexity index is 970. The Balaban J connectivity index is 2.12. The fourth-order valence-corrected chi connectivity index (χ4v) is 3.25. The van der Waals surface area contributed by atoms with Crippen molar-refractivity contribution in [3.05, 3.63) is 64.7 Å². The molecule has 0 atom stereocenters. The number of nitrogens with one attached hydrogen (secondary N) is 1. The van der Waals surface area contributed by atoms with E-state index in [2.05, 4.69) is 10.3 Å². The molecule has 0 bridgehead atoms. The number of carbonyl (C=O) groups is 1. The summed E-state index contributed by atoms with van der Waals surface area (Å²) in [7, 11) is 0. The zero-order chi connectivity index (χ0) is 17.8. The molecule has 1 amide bonds. The van der Waals surface area contributed by atoms with Crippen molar-refractivity contribution in [3.8, 4) is 5.69 Å². The van der Waals surface area contributed by atoms with Crippen molar-refractivity contribution in [1.82, 2.24) is 14.9 Å². The van der Waals surface area contributed by atoms with Gasteiger partial charge >= 0.3 is 0 Å². The second-order valence-corrected chi connectivity index (χ2v) is 6.21. The number of rotatable bonds is 5. The van der Waals surface area contributed by atoms with E-state index in [1.54, 1.807) is 24.3 Å². The number of carbonyl (C=O) groups excluding carboxylic acids is 1. The Hall–Kier alpha value is -2.67. The standard InChI is InChI=1S/C18H16FN3O2S/c1-2-20-16(23)11-25-18-21-15-6-4-3-5-14(15)17(24)22(18)13-9-7-12(19)8-10-13/h3-10H,2,11H2,1H3,(H,20,23). The lowest BCUT2D eigenvalue weighted by Crippen LogP contribution is -2.26. The van der Waals surface area contributed by atoms with Gasteiger partial charge in [0, 0.05) is 6.54 Å². The van der Waals surface area contributed by atoms with Crippen molar-refractivity contribution in [3.63, 3.8) is 0 Å². The van der Waals surface area contributed by atoms with Gasteiger partial charge in [-0.2, -0.15) is 0 Å². The highest BCUT2D eigenvalue weighted by atomic mass is 32.2. The predicted molar refractivity (Wildman–Crippen MR) is 96.7 cm³/mol. The van der Waals surface area contributed by atoms with E-state index in [-0.39, 0.29) is 23.0 Å². The third kappa shape index (κ3) is 3.71. The molecule has 0 saturated carbocycles. The first-order valence-electron chi connectivity index (χ1n) is 7.77. The largest absolute Gasteiger partial charge is 0.356 e. The van der Waals surface area contributed by atoms with Crippen LogP contribution in [0, 0.1) is 5.82 Å². The van der Waals surface area contributed by atoms with Gasteiger partial charge in [0.2, 0.25) is 5.91 Å². The first-order chi connectivity index (χ1) is 12.1. The number of fused-ring (bicyclic) bond motifs is 1. The zero-order valence-electron chi connectivity index (χ0n) is 13.5. The van der Waals surface area contributed by atoms with Crippen LogP contribution in [-0.4, -0.2) is 27.8 Å². The van der Waals surface area contributed by atoms with Gasteiger partial charge in [0.15, 0.2) is 5.16 Å². The molecule has 1 aromatic heterocycles. The van der Waals surface area contributed by atoms with Crippen molar-refractivity contribution < 1.29 is 9.18 Å². The summed E-state index contributed by atoms with van der Waals surface area (Å²) in [6.45, 7) is 2.38. The number of hydrogen-bond donors (Lipinski definition) is 1. The number of benzene rings is 2. The van der Waals surface area contributed by atoms with E-state index >= 15 is 0 Å². The van der Waals surface area contributed by atoms with E-state index in [1.165, 1.54) is 40.6 Å². The molecule has 2 aromatic carbocycles.